The van der Waals surface area contributed by atoms with Crippen molar-refractivity contribution in [1.29, 1.82) is 0 Å². The minimum Gasteiger partial charge on any atom is -0.497 e. The number of benzene rings is 2. The van der Waals surface area contributed by atoms with Gasteiger partial charge in [0.25, 0.3) is 0 Å². The number of piperazine rings is 1. The van der Waals surface area contributed by atoms with Crippen LogP contribution in [-0.4, -0.2) is 64.3 Å². The van der Waals surface area contributed by atoms with Gasteiger partial charge in [0.1, 0.15) is 17.9 Å². The van der Waals surface area contributed by atoms with Crippen LogP contribution in [0.5, 0.6) is 5.75 Å². The summed E-state index contributed by atoms with van der Waals surface area (Å²) in [5.74, 6) is 3.33. The van der Waals surface area contributed by atoms with Crippen molar-refractivity contribution in [2.75, 3.05) is 55.0 Å². The monoisotopic (exact) mass is 506 g/mol. The van der Waals surface area contributed by atoms with Gasteiger partial charge in [-0.1, -0.05) is 36.4 Å². The number of ether oxygens (including phenoxy) is 1. The van der Waals surface area contributed by atoms with Gasteiger partial charge in [-0.3, -0.25) is 4.57 Å². The summed E-state index contributed by atoms with van der Waals surface area (Å²) in [7, 11) is 1.68. The molecule has 0 aliphatic carbocycles. The minimum absolute atomic E-state index is 0.711. The normalized spacial score (nSPS) is 13.6. The Morgan fingerprint density at radius 1 is 0.816 bits per heavy atom. The Balaban J connectivity index is 1.26. The average molecular weight is 507 g/mol. The predicted molar refractivity (Wildman–Crippen MR) is 151 cm³/mol. The summed E-state index contributed by atoms with van der Waals surface area (Å²) in [6.07, 6.45) is 4.52. The van der Waals surface area contributed by atoms with Gasteiger partial charge < -0.3 is 19.9 Å². The lowest BCUT2D eigenvalue weighted by molar-refractivity contribution is 0.414. The molecule has 0 atom stereocenters. The third-order valence-electron chi connectivity index (χ3n) is 6.82. The molecule has 6 rings (SSSR count). The molecule has 9 heteroatoms. The van der Waals surface area contributed by atoms with Crippen LogP contribution >= 0.6 is 0 Å². The number of anilines is 3. The highest BCUT2D eigenvalue weighted by molar-refractivity contribution is 5.85. The Bertz CT molecular complexity index is 1480. The first-order chi connectivity index (χ1) is 18.8. The maximum atomic E-state index is 5.28. The highest BCUT2D eigenvalue weighted by atomic mass is 16.5. The molecule has 1 saturated heterocycles. The zero-order chi connectivity index (χ0) is 25.7. The maximum absolute atomic E-state index is 5.28. The van der Waals surface area contributed by atoms with Crippen molar-refractivity contribution < 1.29 is 4.74 Å². The van der Waals surface area contributed by atoms with Crippen molar-refractivity contribution >= 4 is 28.7 Å². The molecule has 0 saturated carbocycles. The lowest BCUT2D eigenvalue weighted by Gasteiger charge is -2.35. The summed E-state index contributed by atoms with van der Waals surface area (Å²) in [5, 5.41) is 3.54. The summed E-state index contributed by atoms with van der Waals surface area (Å²) >= 11 is 0. The Kier molecular flexibility index (Phi) is 6.72. The van der Waals surface area contributed by atoms with Crippen LogP contribution in [0.3, 0.4) is 0 Å². The van der Waals surface area contributed by atoms with E-state index in [9.17, 15) is 0 Å². The highest BCUT2D eigenvalue weighted by Crippen LogP contribution is 2.26. The van der Waals surface area contributed by atoms with E-state index < -0.39 is 0 Å². The maximum Gasteiger partial charge on any atom is 0.229 e. The first-order valence-corrected chi connectivity index (χ1v) is 12.9. The SMILES string of the molecule is COc1ccc(CCNc2nc(N3CCN(c4ccccn4)CC3)nc3c2ncn3-c2ccccc2)cc1. The highest BCUT2D eigenvalue weighted by Gasteiger charge is 2.23. The third kappa shape index (κ3) is 4.95. The van der Waals surface area contributed by atoms with Crippen LogP contribution in [0.2, 0.25) is 0 Å². The molecule has 38 heavy (non-hydrogen) atoms. The fourth-order valence-corrected chi connectivity index (χ4v) is 4.72. The van der Waals surface area contributed by atoms with E-state index in [0.717, 1.165) is 73.4 Å². The van der Waals surface area contributed by atoms with Crippen molar-refractivity contribution in [3.8, 4) is 11.4 Å². The molecule has 0 unspecified atom stereocenters. The molecule has 1 aliphatic rings. The molecule has 192 valence electrons. The number of pyridine rings is 1. The molecule has 1 fully saturated rings. The molecule has 4 heterocycles. The van der Waals surface area contributed by atoms with Crippen LogP contribution in [0.4, 0.5) is 17.6 Å². The summed E-state index contributed by atoms with van der Waals surface area (Å²) in [6.45, 7) is 4.07. The first kappa shape index (κ1) is 23.7. The molecule has 5 aromatic rings. The molecule has 0 bridgehead atoms. The number of hydrogen-bond acceptors (Lipinski definition) is 8. The lowest BCUT2D eigenvalue weighted by atomic mass is 10.1. The standard InChI is InChI=1S/C29H30N8O/c1-38-24-12-10-22(11-13-24)14-16-31-27-26-28(37(21-32-26)23-7-3-2-4-8-23)34-29(33-27)36-19-17-35(18-20-36)25-9-5-6-15-30-25/h2-13,15,21H,14,16-20H2,1H3,(H,31,33,34). The Morgan fingerprint density at radius 2 is 1.58 bits per heavy atom. The molecule has 1 N–H and O–H groups in total. The Labute approximate surface area is 221 Å². The molecule has 2 aromatic carbocycles. The van der Waals surface area contributed by atoms with Crippen LogP contribution in [0.1, 0.15) is 5.56 Å². The number of nitrogens with one attached hydrogen (secondary N) is 1. The number of rotatable bonds is 8. The van der Waals surface area contributed by atoms with E-state index in [1.165, 1.54) is 5.56 Å². The predicted octanol–water partition coefficient (Wildman–Crippen LogP) is 4.20. The van der Waals surface area contributed by atoms with E-state index in [4.69, 9.17) is 19.7 Å². The van der Waals surface area contributed by atoms with Gasteiger partial charge in [0.05, 0.1) is 7.11 Å². The van der Waals surface area contributed by atoms with E-state index in [0.29, 0.717) is 5.95 Å². The molecule has 0 spiro atoms. The second-order valence-electron chi connectivity index (χ2n) is 9.18. The average Bonchev–Trinajstić information content (AvgIpc) is 3.43. The number of aromatic nitrogens is 5. The number of imidazole rings is 1. The van der Waals surface area contributed by atoms with Gasteiger partial charge in [0, 0.05) is 44.6 Å². The van der Waals surface area contributed by atoms with Crippen LogP contribution in [0.15, 0.2) is 85.3 Å². The Hall–Kier alpha value is -4.66. The van der Waals surface area contributed by atoms with Crippen molar-refractivity contribution in [1.82, 2.24) is 24.5 Å². The summed E-state index contributed by atoms with van der Waals surface area (Å²) in [4.78, 5) is 23.7. The van der Waals surface area contributed by atoms with Gasteiger partial charge in [-0.25, -0.2) is 9.97 Å². The van der Waals surface area contributed by atoms with Crippen LogP contribution in [-0.2, 0) is 6.42 Å². The largest absolute Gasteiger partial charge is 0.497 e. The van der Waals surface area contributed by atoms with Crippen molar-refractivity contribution in [2.24, 2.45) is 0 Å². The molecule has 9 nitrogen and oxygen atoms in total. The molecule has 3 aromatic heterocycles. The number of fused-ring (bicyclic) bond motifs is 1. The molecule has 0 radical (unpaired) electrons. The van der Waals surface area contributed by atoms with E-state index >= 15 is 0 Å². The zero-order valence-electron chi connectivity index (χ0n) is 21.4. The van der Waals surface area contributed by atoms with Crippen molar-refractivity contribution in [2.45, 2.75) is 6.42 Å². The van der Waals surface area contributed by atoms with E-state index in [1.54, 1.807) is 7.11 Å². The van der Waals surface area contributed by atoms with Gasteiger partial charge >= 0.3 is 0 Å². The summed E-state index contributed by atoms with van der Waals surface area (Å²) in [5.41, 5.74) is 3.80. The fraction of sp³-hybridized carbons (Fsp3) is 0.241. The van der Waals surface area contributed by atoms with Crippen molar-refractivity contribution in [3.05, 3.63) is 90.9 Å². The number of para-hydroxylation sites is 1. The molecule has 0 amide bonds. The zero-order valence-corrected chi connectivity index (χ0v) is 21.4. The second-order valence-corrected chi connectivity index (χ2v) is 9.18. The summed E-state index contributed by atoms with van der Waals surface area (Å²) in [6, 6.07) is 24.4. The van der Waals surface area contributed by atoms with Gasteiger partial charge in [-0.15, -0.1) is 0 Å². The van der Waals surface area contributed by atoms with Crippen LogP contribution in [0, 0.1) is 0 Å². The van der Waals surface area contributed by atoms with Crippen molar-refractivity contribution in [3.63, 3.8) is 0 Å². The van der Waals surface area contributed by atoms with Crippen LogP contribution < -0.4 is 19.9 Å². The quantitative estimate of drug-likeness (QED) is 0.335. The topological polar surface area (TPSA) is 84.2 Å². The van der Waals surface area contributed by atoms with Gasteiger partial charge in [0.15, 0.2) is 17.0 Å². The van der Waals surface area contributed by atoms with E-state index in [2.05, 4.69) is 50.4 Å². The van der Waals surface area contributed by atoms with E-state index in [-0.39, 0.29) is 0 Å². The lowest BCUT2D eigenvalue weighted by Crippen LogP contribution is -2.47. The summed E-state index contributed by atoms with van der Waals surface area (Å²) < 4.78 is 7.31. The van der Waals surface area contributed by atoms with Crippen LogP contribution in [0.25, 0.3) is 16.9 Å². The smallest absolute Gasteiger partial charge is 0.229 e. The Morgan fingerprint density at radius 3 is 2.32 bits per heavy atom. The molecule has 1 aliphatic heterocycles. The molecular weight excluding hydrogens is 476 g/mol. The number of hydrogen-bond donors (Lipinski definition) is 1. The number of nitrogens with zero attached hydrogens (tertiary/aromatic N) is 7. The van der Waals surface area contributed by atoms with Gasteiger partial charge in [-0.05, 0) is 48.4 Å². The third-order valence-corrected chi connectivity index (χ3v) is 6.82. The molecular formula is C29H30N8O. The fourth-order valence-electron chi connectivity index (χ4n) is 4.72. The first-order valence-electron chi connectivity index (χ1n) is 12.9. The second kappa shape index (κ2) is 10.8. The van der Waals surface area contributed by atoms with Gasteiger partial charge in [-0.2, -0.15) is 9.97 Å². The van der Waals surface area contributed by atoms with Gasteiger partial charge in [0.2, 0.25) is 5.95 Å². The number of methoxy groups -OCH3 is 1. The van der Waals surface area contributed by atoms with E-state index in [1.807, 2.05) is 59.6 Å². The minimum atomic E-state index is 0.711.